The maximum Gasteiger partial charge on any atom is 0.0330 e. The van der Waals surface area contributed by atoms with Crippen molar-refractivity contribution in [3.63, 3.8) is 0 Å². The summed E-state index contributed by atoms with van der Waals surface area (Å²) in [4.78, 5) is 4.91. The van der Waals surface area contributed by atoms with Crippen LogP contribution in [0.3, 0.4) is 0 Å². The first-order chi connectivity index (χ1) is 8.03. The quantitative estimate of drug-likeness (QED) is 0.731. The van der Waals surface area contributed by atoms with Crippen LogP contribution in [0.15, 0.2) is 0 Å². The lowest BCUT2D eigenvalue weighted by Gasteiger charge is -2.49. The number of rotatable bonds is 7. The topological polar surface area (TPSA) is 32.5 Å². The Kier molecular flexibility index (Phi) is 4.11. The molecule has 0 saturated heterocycles. The number of hydrogen-bond donors (Lipinski definition) is 1. The fourth-order valence-electron chi connectivity index (χ4n) is 3.04. The number of nitrogens with zero attached hydrogens (tertiary/aromatic N) is 2. The number of hydrogen-bond acceptors (Lipinski definition) is 3. The Morgan fingerprint density at radius 3 is 2.29 bits per heavy atom. The summed E-state index contributed by atoms with van der Waals surface area (Å²) in [5.41, 5.74) is 6.62. The van der Waals surface area contributed by atoms with Gasteiger partial charge in [-0.25, -0.2) is 0 Å². The second-order valence-corrected chi connectivity index (χ2v) is 6.50. The lowest BCUT2D eigenvalue weighted by molar-refractivity contribution is 0.0271. The molecule has 3 nitrogen and oxygen atoms in total. The summed E-state index contributed by atoms with van der Waals surface area (Å²) in [6.07, 6.45) is 8.02. The zero-order chi connectivity index (χ0) is 12.5. The van der Waals surface area contributed by atoms with Crippen LogP contribution in [0.2, 0.25) is 0 Å². The SMILES string of the molecule is CN(CCC(N)C1CC1)CC1(N(C)C)CCC1. The van der Waals surface area contributed by atoms with Gasteiger partial charge >= 0.3 is 0 Å². The molecule has 0 aromatic carbocycles. The molecular formula is C14H29N3. The lowest BCUT2D eigenvalue weighted by atomic mass is 9.75. The third-order valence-corrected chi connectivity index (χ3v) is 4.87. The minimum Gasteiger partial charge on any atom is -0.327 e. The summed E-state index contributed by atoms with van der Waals surface area (Å²) in [7, 11) is 6.70. The van der Waals surface area contributed by atoms with Crippen molar-refractivity contribution in [2.45, 2.75) is 50.1 Å². The van der Waals surface area contributed by atoms with Gasteiger partial charge in [-0.1, -0.05) is 0 Å². The van der Waals surface area contributed by atoms with E-state index in [9.17, 15) is 0 Å². The van der Waals surface area contributed by atoms with Crippen molar-refractivity contribution in [2.24, 2.45) is 11.7 Å². The second kappa shape index (κ2) is 5.25. The molecule has 0 aromatic rings. The highest BCUT2D eigenvalue weighted by atomic mass is 15.2. The van der Waals surface area contributed by atoms with E-state index in [1.165, 1.54) is 45.1 Å². The van der Waals surface area contributed by atoms with Crippen molar-refractivity contribution in [2.75, 3.05) is 34.2 Å². The summed E-state index contributed by atoms with van der Waals surface area (Å²) in [5.74, 6) is 0.843. The summed E-state index contributed by atoms with van der Waals surface area (Å²) >= 11 is 0. The van der Waals surface area contributed by atoms with Crippen LogP contribution < -0.4 is 5.73 Å². The van der Waals surface area contributed by atoms with Crippen LogP contribution in [0.4, 0.5) is 0 Å². The Balaban J connectivity index is 1.70. The van der Waals surface area contributed by atoms with Gasteiger partial charge in [-0.2, -0.15) is 0 Å². The highest BCUT2D eigenvalue weighted by Gasteiger charge is 2.39. The molecule has 17 heavy (non-hydrogen) atoms. The van der Waals surface area contributed by atoms with Gasteiger partial charge in [0.05, 0.1) is 0 Å². The van der Waals surface area contributed by atoms with Gasteiger partial charge in [0.1, 0.15) is 0 Å². The zero-order valence-corrected chi connectivity index (χ0v) is 11.8. The zero-order valence-electron chi connectivity index (χ0n) is 11.8. The van der Waals surface area contributed by atoms with Crippen molar-refractivity contribution in [3.8, 4) is 0 Å². The summed E-state index contributed by atoms with van der Waals surface area (Å²) in [5, 5.41) is 0. The standard InChI is InChI=1S/C14H29N3/c1-16(2)14(8-4-9-14)11-17(3)10-7-13(15)12-5-6-12/h12-13H,4-11,15H2,1-3H3. The molecule has 2 rings (SSSR count). The van der Waals surface area contributed by atoms with Gasteiger partial charge in [-0.05, 0) is 72.1 Å². The first-order valence-electron chi connectivity index (χ1n) is 7.15. The van der Waals surface area contributed by atoms with E-state index in [1.807, 2.05) is 0 Å². The Labute approximate surface area is 106 Å². The maximum atomic E-state index is 6.16. The van der Waals surface area contributed by atoms with Gasteiger partial charge < -0.3 is 15.5 Å². The molecule has 3 heteroatoms. The molecule has 0 heterocycles. The van der Waals surface area contributed by atoms with Gasteiger partial charge in [0.25, 0.3) is 0 Å². The molecule has 2 fully saturated rings. The van der Waals surface area contributed by atoms with Crippen LogP contribution in [0.25, 0.3) is 0 Å². The third kappa shape index (κ3) is 3.21. The largest absolute Gasteiger partial charge is 0.327 e. The van der Waals surface area contributed by atoms with Crippen molar-refractivity contribution in [3.05, 3.63) is 0 Å². The van der Waals surface area contributed by atoms with Gasteiger partial charge in [0.2, 0.25) is 0 Å². The Morgan fingerprint density at radius 2 is 1.88 bits per heavy atom. The van der Waals surface area contributed by atoms with E-state index < -0.39 is 0 Å². The van der Waals surface area contributed by atoms with E-state index in [1.54, 1.807) is 0 Å². The molecule has 2 aliphatic rings. The summed E-state index contributed by atoms with van der Waals surface area (Å²) in [6.45, 7) is 2.37. The van der Waals surface area contributed by atoms with Crippen LogP contribution in [-0.2, 0) is 0 Å². The van der Waals surface area contributed by atoms with Gasteiger partial charge in [-0.3, -0.25) is 0 Å². The first kappa shape index (κ1) is 13.3. The molecule has 1 unspecified atom stereocenters. The highest BCUT2D eigenvalue weighted by Crippen LogP contribution is 2.37. The minimum absolute atomic E-state index is 0.453. The second-order valence-electron chi connectivity index (χ2n) is 6.50. The van der Waals surface area contributed by atoms with E-state index in [0.717, 1.165) is 12.5 Å². The third-order valence-electron chi connectivity index (χ3n) is 4.87. The van der Waals surface area contributed by atoms with Crippen LogP contribution >= 0.6 is 0 Å². The van der Waals surface area contributed by atoms with E-state index in [4.69, 9.17) is 5.73 Å². The van der Waals surface area contributed by atoms with Crippen LogP contribution in [0.1, 0.15) is 38.5 Å². The molecular weight excluding hydrogens is 210 g/mol. The molecule has 0 bridgehead atoms. The van der Waals surface area contributed by atoms with Crippen molar-refractivity contribution >= 4 is 0 Å². The molecule has 100 valence electrons. The average molecular weight is 239 g/mol. The molecule has 2 N–H and O–H groups in total. The van der Waals surface area contributed by atoms with Crippen LogP contribution in [0, 0.1) is 5.92 Å². The molecule has 0 amide bonds. The van der Waals surface area contributed by atoms with Crippen LogP contribution in [0.5, 0.6) is 0 Å². The Bertz CT molecular complexity index is 244. The molecule has 2 aliphatic carbocycles. The Hall–Kier alpha value is -0.120. The summed E-state index contributed by atoms with van der Waals surface area (Å²) < 4.78 is 0. The van der Waals surface area contributed by atoms with Crippen LogP contribution in [-0.4, -0.2) is 55.6 Å². The fourth-order valence-corrected chi connectivity index (χ4v) is 3.04. The lowest BCUT2D eigenvalue weighted by Crippen LogP contribution is -2.56. The monoisotopic (exact) mass is 239 g/mol. The summed E-state index contributed by atoms with van der Waals surface area (Å²) in [6, 6.07) is 0.453. The molecule has 0 aromatic heterocycles. The van der Waals surface area contributed by atoms with E-state index in [-0.39, 0.29) is 0 Å². The van der Waals surface area contributed by atoms with Crippen molar-refractivity contribution in [1.82, 2.24) is 9.80 Å². The molecule has 2 saturated carbocycles. The van der Waals surface area contributed by atoms with E-state index in [2.05, 4.69) is 30.9 Å². The van der Waals surface area contributed by atoms with Crippen molar-refractivity contribution in [1.29, 1.82) is 0 Å². The fraction of sp³-hybridized carbons (Fsp3) is 1.00. The van der Waals surface area contributed by atoms with Gasteiger partial charge in [-0.15, -0.1) is 0 Å². The number of nitrogens with two attached hydrogens (primary N) is 1. The van der Waals surface area contributed by atoms with Gasteiger partial charge in [0.15, 0.2) is 0 Å². The Morgan fingerprint density at radius 1 is 1.24 bits per heavy atom. The first-order valence-corrected chi connectivity index (χ1v) is 7.15. The van der Waals surface area contributed by atoms with E-state index >= 15 is 0 Å². The molecule has 0 aliphatic heterocycles. The molecule has 0 spiro atoms. The predicted octanol–water partition coefficient (Wildman–Crippen LogP) is 1.53. The van der Waals surface area contributed by atoms with Crippen molar-refractivity contribution < 1.29 is 0 Å². The normalized spacial score (nSPS) is 25.1. The van der Waals surface area contributed by atoms with Gasteiger partial charge in [0, 0.05) is 18.1 Å². The smallest absolute Gasteiger partial charge is 0.0330 e. The highest BCUT2D eigenvalue weighted by molar-refractivity contribution is 4.98. The maximum absolute atomic E-state index is 6.16. The molecule has 1 atom stereocenters. The van der Waals surface area contributed by atoms with E-state index in [0.29, 0.717) is 11.6 Å². The average Bonchev–Trinajstić information content (AvgIpc) is 3.02. The molecule has 0 radical (unpaired) electrons. The predicted molar refractivity (Wildman–Crippen MR) is 73.1 cm³/mol. The number of likely N-dealkylation sites (N-methyl/N-ethyl adjacent to an activating group) is 2. The minimum atomic E-state index is 0.453.